The summed E-state index contributed by atoms with van der Waals surface area (Å²) < 4.78 is 6.11. The Bertz CT molecular complexity index is 373. The topological polar surface area (TPSA) is 9.23 Å². The Morgan fingerprint density at radius 3 is 2.33 bits per heavy atom. The molecule has 21 heavy (non-hydrogen) atoms. The molecule has 0 aromatic heterocycles. The highest BCUT2D eigenvalue weighted by molar-refractivity contribution is 5.24. The van der Waals surface area contributed by atoms with Gasteiger partial charge in [-0.15, -0.1) is 0 Å². The van der Waals surface area contributed by atoms with Crippen molar-refractivity contribution in [2.24, 2.45) is 5.92 Å². The van der Waals surface area contributed by atoms with Crippen molar-refractivity contribution >= 4 is 0 Å². The van der Waals surface area contributed by atoms with Crippen LogP contribution in [0.3, 0.4) is 0 Å². The molecule has 1 heterocycles. The number of hydrogen-bond acceptors (Lipinski definition) is 1. The Morgan fingerprint density at radius 2 is 1.71 bits per heavy atom. The first kappa shape index (κ1) is 16.5. The lowest BCUT2D eigenvalue weighted by molar-refractivity contribution is -0.0198. The largest absolute Gasteiger partial charge is 0.373 e. The number of hydrogen-bond donors (Lipinski definition) is 0. The molecule has 2 rings (SSSR count). The van der Waals surface area contributed by atoms with Crippen LogP contribution >= 0.6 is 0 Å². The summed E-state index contributed by atoms with van der Waals surface area (Å²) in [6.45, 7) is 5.49. The van der Waals surface area contributed by atoms with E-state index in [0.29, 0.717) is 6.10 Å². The smallest absolute Gasteiger partial charge is 0.0825 e. The minimum absolute atomic E-state index is 0.340. The van der Waals surface area contributed by atoms with Gasteiger partial charge in [0.1, 0.15) is 0 Å². The van der Waals surface area contributed by atoms with E-state index in [1.54, 1.807) is 0 Å². The molecular formula is C20H32O. The summed E-state index contributed by atoms with van der Waals surface area (Å²) in [4.78, 5) is 0. The summed E-state index contributed by atoms with van der Waals surface area (Å²) in [5.41, 5.74) is 2.85. The van der Waals surface area contributed by atoms with Crippen LogP contribution in [0.1, 0.15) is 82.4 Å². The van der Waals surface area contributed by atoms with Crippen molar-refractivity contribution in [2.75, 3.05) is 6.61 Å². The van der Waals surface area contributed by atoms with Gasteiger partial charge in [-0.1, -0.05) is 63.8 Å². The van der Waals surface area contributed by atoms with Crippen LogP contribution in [0.4, 0.5) is 0 Å². The molecule has 2 atom stereocenters. The molecular weight excluding hydrogens is 256 g/mol. The number of unbranched alkanes of at least 4 members (excludes halogenated alkanes) is 3. The minimum Gasteiger partial charge on any atom is -0.373 e. The zero-order chi connectivity index (χ0) is 14.9. The van der Waals surface area contributed by atoms with Crippen molar-refractivity contribution in [3.05, 3.63) is 35.4 Å². The van der Waals surface area contributed by atoms with Gasteiger partial charge in [0, 0.05) is 0 Å². The molecule has 0 spiro atoms. The fraction of sp³-hybridized carbons (Fsp3) is 0.700. The van der Waals surface area contributed by atoms with Gasteiger partial charge in [0.05, 0.1) is 12.7 Å². The maximum atomic E-state index is 6.11. The standard InChI is InChI=1S/C20H32O/c1-3-5-7-9-17-10-13-19(14-11-17)20-15-12-18(16-21-20)8-6-4-2/h10-11,13-14,18,20H,3-9,12,15-16H2,1-2H3. The molecule has 0 amide bonds. The van der Waals surface area contributed by atoms with E-state index in [2.05, 4.69) is 38.1 Å². The van der Waals surface area contributed by atoms with Crippen molar-refractivity contribution in [3.63, 3.8) is 0 Å². The molecule has 1 nitrogen and oxygen atoms in total. The first-order valence-electron chi connectivity index (χ1n) is 9.04. The van der Waals surface area contributed by atoms with E-state index in [4.69, 9.17) is 4.74 Å². The number of ether oxygens (including phenoxy) is 1. The third kappa shape index (κ3) is 5.47. The van der Waals surface area contributed by atoms with Gasteiger partial charge in [-0.25, -0.2) is 0 Å². The molecule has 0 aliphatic carbocycles. The monoisotopic (exact) mass is 288 g/mol. The molecule has 0 bridgehead atoms. The number of aryl methyl sites for hydroxylation is 1. The van der Waals surface area contributed by atoms with Crippen LogP contribution in [0.15, 0.2) is 24.3 Å². The van der Waals surface area contributed by atoms with E-state index in [-0.39, 0.29) is 0 Å². The second-order valence-electron chi connectivity index (χ2n) is 6.61. The zero-order valence-electron chi connectivity index (χ0n) is 13.9. The van der Waals surface area contributed by atoms with Gasteiger partial charge in [0.25, 0.3) is 0 Å². The second kappa shape index (κ2) is 9.25. The van der Waals surface area contributed by atoms with Crippen LogP contribution in [0.25, 0.3) is 0 Å². The first-order chi connectivity index (χ1) is 10.3. The van der Waals surface area contributed by atoms with Gasteiger partial charge < -0.3 is 4.74 Å². The highest BCUT2D eigenvalue weighted by Crippen LogP contribution is 2.32. The lowest BCUT2D eigenvalue weighted by atomic mass is 9.91. The van der Waals surface area contributed by atoms with E-state index < -0.39 is 0 Å². The molecule has 1 fully saturated rings. The molecule has 0 radical (unpaired) electrons. The molecule has 0 saturated carbocycles. The predicted molar refractivity (Wildman–Crippen MR) is 90.6 cm³/mol. The fourth-order valence-electron chi connectivity index (χ4n) is 3.27. The van der Waals surface area contributed by atoms with Crippen LogP contribution in [0.2, 0.25) is 0 Å². The molecule has 1 heteroatoms. The summed E-state index contributed by atoms with van der Waals surface area (Å²) in [6, 6.07) is 9.19. The molecule has 1 aromatic carbocycles. The van der Waals surface area contributed by atoms with Crippen LogP contribution in [-0.4, -0.2) is 6.61 Å². The molecule has 1 aromatic rings. The predicted octanol–water partition coefficient (Wildman–Crippen LogP) is 6.08. The van der Waals surface area contributed by atoms with E-state index >= 15 is 0 Å². The fourth-order valence-corrected chi connectivity index (χ4v) is 3.27. The first-order valence-corrected chi connectivity index (χ1v) is 9.04. The molecule has 2 unspecified atom stereocenters. The zero-order valence-corrected chi connectivity index (χ0v) is 13.9. The van der Waals surface area contributed by atoms with Gasteiger partial charge in [-0.2, -0.15) is 0 Å². The Morgan fingerprint density at radius 1 is 0.952 bits per heavy atom. The molecule has 1 saturated heterocycles. The average molecular weight is 288 g/mol. The Labute approximate surface area is 131 Å². The van der Waals surface area contributed by atoms with Crippen LogP contribution in [-0.2, 0) is 11.2 Å². The van der Waals surface area contributed by atoms with Crippen LogP contribution < -0.4 is 0 Å². The van der Waals surface area contributed by atoms with Crippen molar-refractivity contribution < 1.29 is 4.74 Å². The average Bonchev–Trinajstić information content (AvgIpc) is 2.54. The quantitative estimate of drug-likeness (QED) is 0.527. The Hall–Kier alpha value is -0.820. The summed E-state index contributed by atoms with van der Waals surface area (Å²) in [5.74, 6) is 0.800. The summed E-state index contributed by atoms with van der Waals surface area (Å²) >= 11 is 0. The van der Waals surface area contributed by atoms with Gasteiger partial charge in [-0.3, -0.25) is 0 Å². The highest BCUT2D eigenvalue weighted by atomic mass is 16.5. The molecule has 118 valence electrons. The van der Waals surface area contributed by atoms with E-state index in [9.17, 15) is 0 Å². The van der Waals surface area contributed by atoms with Crippen LogP contribution in [0.5, 0.6) is 0 Å². The van der Waals surface area contributed by atoms with E-state index in [1.165, 1.54) is 68.9 Å². The summed E-state index contributed by atoms with van der Waals surface area (Å²) in [7, 11) is 0. The summed E-state index contributed by atoms with van der Waals surface area (Å²) in [5, 5.41) is 0. The van der Waals surface area contributed by atoms with Crippen molar-refractivity contribution in [1.29, 1.82) is 0 Å². The molecule has 0 N–H and O–H groups in total. The maximum absolute atomic E-state index is 6.11. The maximum Gasteiger partial charge on any atom is 0.0825 e. The highest BCUT2D eigenvalue weighted by Gasteiger charge is 2.22. The lowest BCUT2D eigenvalue weighted by Gasteiger charge is -2.29. The van der Waals surface area contributed by atoms with Crippen molar-refractivity contribution in [1.82, 2.24) is 0 Å². The summed E-state index contributed by atoms with van der Waals surface area (Å²) in [6.07, 6.45) is 12.1. The number of rotatable bonds is 8. The minimum atomic E-state index is 0.340. The molecule has 1 aliphatic rings. The van der Waals surface area contributed by atoms with E-state index in [1.807, 2.05) is 0 Å². The van der Waals surface area contributed by atoms with Gasteiger partial charge in [0.15, 0.2) is 0 Å². The Kier molecular flexibility index (Phi) is 7.29. The Balaban J connectivity index is 1.78. The van der Waals surface area contributed by atoms with Crippen molar-refractivity contribution in [3.8, 4) is 0 Å². The van der Waals surface area contributed by atoms with Crippen molar-refractivity contribution in [2.45, 2.75) is 77.7 Å². The van der Waals surface area contributed by atoms with E-state index in [0.717, 1.165) is 12.5 Å². The second-order valence-corrected chi connectivity index (χ2v) is 6.61. The van der Waals surface area contributed by atoms with Gasteiger partial charge >= 0.3 is 0 Å². The lowest BCUT2D eigenvalue weighted by Crippen LogP contribution is -2.20. The molecule has 1 aliphatic heterocycles. The van der Waals surface area contributed by atoms with Crippen LogP contribution in [0, 0.1) is 5.92 Å². The number of benzene rings is 1. The van der Waals surface area contributed by atoms with Gasteiger partial charge in [0.2, 0.25) is 0 Å². The normalized spacial score (nSPS) is 22.4. The third-order valence-corrected chi connectivity index (χ3v) is 4.76. The van der Waals surface area contributed by atoms with Gasteiger partial charge in [-0.05, 0) is 49.1 Å². The third-order valence-electron chi connectivity index (χ3n) is 4.76. The SMILES string of the molecule is CCCCCc1ccc(C2CCC(CCCC)CO2)cc1.